The number of nitrogens with one attached hydrogen (secondary N) is 1. The Morgan fingerprint density at radius 2 is 2.04 bits per heavy atom. The van der Waals surface area contributed by atoms with Crippen molar-refractivity contribution in [1.82, 2.24) is 19.3 Å². The first-order valence-corrected chi connectivity index (χ1v) is 10.2. The highest BCUT2D eigenvalue weighted by Crippen LogP contribution is 2.23. The van der Waals surface area contributed by atoms with E-state index in [-0.39, 0.29) is 0 Å². The fourth-order valence-corrected chi connectivity index (χ4v) is 3.56. The van der Waals surface area contributed by atoms with Crippen LogP contribution in [0.3, 0.4) is 0 Å². The van der Waals surface area contributed by atoms with E-state index in [1.54, 1.807) is 23.9 Å². The number of nitrogens with zero attached hydrogens (tertiary/aromatic N) is 3. The molecule has 126 valence electrons. The molecule has 0 spiro atoms. The fraction of sp³-hybridized carbons (Fsp3) is 0.250. The zero-order chi connectivity index (χ0) is 17.0. The maximum absolute atomic E-state index is 11.1. The number of rotatable bonds is 7. The number of hydrogen-bond donors (Lipinski definition) is 1. The van der Waals surface area contributed by atoms with E-state index in [4.69, 9.17) is 0 Å². The lowest BCUT2D eigenvalue weighted by Gasteiger charge is -2.04. The molecule has 0 bridgehead atoms. The van der Waals surface area contributed by atoms with Gasteiger partial charge in [-0.1, -0.05) is 24.3 Å². The van der Waals surface area contributed by atoms with Gasteiger partial charge in [-0.2, -0.15) is 0 Å². The quantitative estimate of drug-likeness (QED) is 0.699. The molecule has 0 aliphatic heterocycles. The standard InChI is InChI=1S/C16H18N4O2S2/c1-24(21,22)18-7-6-13-2-4-14(5-3-13)15-11-23-16(19-15)10-20-9-8-17-12-20/h2-5,8-9,11-12,18H,6-7,10H2,1H3. The van der Waals surface area contributed by atoms with E-state index in [0.29, 0.717) is 13.0 Å². The Kier molecular flexibility index (Phi) is 5.08. The summed E-state index contributed by atoms with van der Waals surface area (Å²) in [7, 11) is -3.13. The molecule has 6 nitrogen and oxygen atoms in total. The molecule has 0 saturated heterocycles. The first-order chi connectivity index (χ1) is 11.5. The van der Waals surface area contributed by atoms with Gasteiger partial charge < -0.3 is 4.57 Å². The van der Waals surface area contributed by atoms with Crippen molar-refractivity contribution in [3.8, 4) is 11.3 Å². The number of thiazole rings is 1. The van der Waals surface area contributed by atoms with Crippen LogP contribution >= 0.6 is 11.3 Å². The number of imidazole rings is 1. The predicted molar refractivity (Wildman–Crippen MR) is 95.4 cm³/mol. The average molecular weight is 362 g/mol. The van der Waals surface area contributed by atoms with Crippen LogP contribution in [0.5, 0.6) is 0 Å². The maximum atomic E-state index is 11.1. The summed E-state index contributed by atoms with van der Waals surface area (Å²) in [5, 5.41) is 3.08. The largest absolute Gasteiger partial charge is 0.331 e. The number of benzene rings is 1. The molecule has 0 radical (unpaired) electrons. The summed E-state index contributed by atoms with van der Waals surface area (Å²) >= 11 is 1.63. The van der Waals surface area contributed by atoms with Gasteiger partial charge in [0, 0.05) is 29.9 Å². The molecule has 1 N–H and O–H groups in total. The summed E-state index contributed by atoms with van der Waals surface area (Å²) in [6.45, 7) is 1.13. The van der Waals surface area contributed by atoms with Crippen LogP contribution in [0.4, 0.5) is 0 Å². The summed E-state index contributed by atoms with van der Waals surface area (Å²) < 4.78 is 26.6. The van der Waals surface area contributed by atoms with Crippen molar-refractivity contribution in [2.24, 2.45) is 0 Å². The lowest BCUT2D eigenvalue weighted by atomic mass is 10.1. The van der Waals surface area contributed by atoms with Gasteiger partial charge in [-0.3, -0.25) is 0 Å². The predicted octanol–water partition coefficient (Wildman–Crippen LogP) is 2.15. The van der Waals surface area contributed by atoms with E-state index in [9.17, 15) is 8.42 Å². The molecule has 3 rings (SSSR count). The second-order valence-electron chi connectivity index (χ2n) is 5.47. The van der Waals surface area contributed by atoms with Gasteiger partial charge in [-0.05, 0) is 12.0 Å². The van der Waals surface area contributed by atoms with Gasteiger partial charge in [0.05, 0.1) is 24.8 Å². The van der Waals surface area contributed by atoms with E-state index in [0.717, 1.165) is 28.4 Å². The third kappa shape index (κ3) is 4.73. The highest BCUT2D eigenvalue weighted by atomic mass is 32.2. The topological polar surface area (TPSA) is 76.9 Å². The van der Waals surface area contributed by atoms with Crippen LogP contribution in [0.15, 0.2) is 48.4 Å². The van der Waals surface area contributed by atoms with Crippen LogP contribution < -0.4 is 4.72 Å². The molecule has 0 amide bonds. The van der Waals surface area contributed by atoms with Crippen LogP contribution in [0.25, 0.3) is 11.3 Å². The third-order valence-electron chi connectivity index (χ3n) is 3.46. The van der Waals surface area contributed by atoms with Gasteiger partial charge >= 0.3 is 0 Å². The Hall–Kier alpha value is -2.03. The molecule has 3 aromatic rings. The normalized spacial score (nSPS) is 11.7. The van der Waals surface area contributed by atoms with E-state index >= 15 is 0 Å². The SMILES string of the molecule is CS(=O)(=O)NCCc1ccc(-c2csc(Cn3ccnc3)n2)cc1. The van der Waals surface area contributed by atoms with Crippen LogP contribution in [0.2, 0.25) is 0 Å². The lowest BCUT2D eigenvalue weighted by Crippen LogP contribution is -2.24. The third-order valence-corrected chi connectivity index (χ3v) is 5.02. The van der Waals surface area contributed by atoms with Crippen molar-refractivity contribution in [1.29, 1.82) is 0 Å². The maximum Gasteiger partial charge on any atom is 0.208 e. The minimum Gasteiger partial charge on any atom is -0.331 e. The van der Waals surface area contributed by atoms with Gasteiger partial charge in [0.25, 0.3) is 0 Å². The fourth-order valence-electron chi connectivity index (χ4n) is 2.28. The molecule has 2 aromatic heterocycles. The molecule has 24 heavy (non-hydrogen) atoms. The first kappa shape index (κ1) is 16.8. The van der Waals surface area contributed by atoms with E-state index in [2.05, 4.69) is 14.7 Å². The van der Waals surface area contributed by atoms with Gasteiger partial charge in [0.2, 0.25) is 10.0 Å². The van der Waals surface area contributed by atoms with Crippen molar-refractivity contribution in [3.63, 3.8) is 0 Å². The van der Waals surface area contributed by atoms with Crippen LogP contribution in [0, 0.1) is 0 Å². The lowest BCUT2D eigenvalue weighted by molar-refractivity contribution is 0.588. The molecular formula is C16H18N4O2S2. The molecule has 0 aliphatic carbocycles. The second-order valence-corrected chi connectivity index (χ2v) is 8.25. The van der Waals surface area contributed by atoms with Gasteiger partial charge in [0.15, 0.2) is 0 Å². The minimum absolute atomic E-state index is 0.407. The molecular weight excluding hydrogens is 344 g/mol. The van der Waals surface area contributed by atoms with E-state index < -0.39 is 10.0 Å². The van der Waals surface area contributed by atoms with Crippen molar-refractivity contribution in [3.05, 3.63) is 58.9 Å². The number of sulfonamides is 1. The van der Waals surface area contributed by atoms with Crippen LogP contribution in [-0.2, 0) is 23.0 Å². The number of hydrogen-bond acceptors (Lipinski definition) is 5. The highest BCUT2D eigenvalue weighted by Gasteiger charge is 2.06. The zero-order valence-electron chi connectivity index (χ0n) is 13.2. The Morgan fingerprint density at radius 3 is 2.71 bits per heavy atom. The first-order valence-electron chi connectivity index (χ1n) is 7.44. The van der Waals surface area contributed by atoms with Gasteiger partial charge in [-0.25, -0.2) is 23.1 Å². The van der Waals surface area contributed by atoms with Crippen LogP contribution in [-0.4, -0.2) is 35.8 Å². The summed E-state index contributed by atoms with van der Waals surface area (Å²) in [4.78, 5) is 8.69. The minimum atomic E-state index is -3.13. The van der Waals surface area contributed by atoms with Gasteiger partial charge in [0.1, 0.15) is 5.01 Å². The van der Waals surface area contributed by atoms with Gasteiger partial charge in [-0.15, -0.1) is 11.3 Å². The van der Waals surface area contributed by atoms with Crippen molar-refractivity contribution in [2.75, 3.05) is 12.8 Å². The number of aromatic nitrogens is 3. The Morgan fingerprint density at radius 1 is 1.25 bits per heavy atom. The van der Waals surface area contributed by atoms with Crippen molar-refractivity contribution < 1.29 is 8.42 Å². The Balaban J connectivity index is 1.62. The monoisotopic (exact) mass is 362 g/mol. The second kappa shape index (κ2) is 7.25. The molecule has 1 aromatic carbocycles. The highest BCUT2D eigenvalue weighted by molar-refractivity contribution is 7.88. The average Bonchev–Trinajstić information content (AvgIpc) is 3.19. The van der Waals surface area contributed by atoms with Crippen LogP contribution in [0.1, 0.15) is 10.6 Å². The summed E-state index contributed by atoms with van der Waals surface area (Å²) in [6.07, 6.45) is 7.28. The molecule has 0 atom stereocenters. The Labute approximate surface area is 145 Å². The Bertz CT molecular complexity index is 885. The smallest absolute Gasteiger partial charge is 0.208 e. The van der Waals surface area contributed by atoms with Crippen molar-refractivity contribution in [2.45, 2.75) is 13.0 Å². The molecule has 0 unspecified atom stereocenters. The van der Waals surface area contributed by atoms with Crippen molar-refractivity contribution >= 4 is 21.4 Å². The molecule has 0 saturated carbocycles. The zero-order valence-corrected chi connectivity index (χ0v) is 14.8. The van der Waals surface area contributed by atoms with E-state index in [1.165, 1.54) is 6.26 Å². The molecule has 0 fully saturated rings. The summed E-state index contributed by atoms with van der Waals surface area (Å²) in [6, 6.07) is 8.06. The van der Waals surface area contributed by atoms with E-state index in [1.807, 2.05) is 40.4 Å². The molecule has 8 heteroatoms. The summed E-state index contributed by atoms with van der Waals surface area (Å²) in [5.74, 6) is 0. The summed E-state index contributed by atoms with van der Waals surface area (Å²) in [5.41, 5.74) is 3.10. The molecule has 0 aliphatic rings. The molecule has 2 heterocycles.